The number of anilines is 2. The molecule has 5 nitrogen and oxygen atoms in total. The zero-order chi connectivity index (χ0) is 19.4. The van der Waals surface area contributed by atoms with Gasteiger partial charge in [0.25, 0.3) is 0 Å². The molecular weight excluding hydrogens is 378 g/mol. The predicted octanol–water partition coefficient (Wildman–Crippen LogP) is 5.02. The van der Waals surface area contributed by atoms with Gasteiger partial charge in [-0.2, -0.15) is 0 Å². The highest BCUT2D eigenvalue weighted by molar-refractivity contribution is 7.80. The number of hydrogen-bond acceptors (Lipinski definition) is 5. The summed E-state index contributed by atoms with van der Waals surface area (Å²) in [6, 6.07) is 13.6. The molecule has 3 rings (SSSR count). The van der Waals surface area contributed by atoms with Gasteiger partial charge in [-0.1, -0.05) is 36.4 Å². The number of thiophene rings is 1. The van der Waals surface area contributed by atoms with E-state index in [1.54, 1.807) is 6.20 Å². The fourth-order valence-corrected chi connectivity index (χ4v) is 4.01. The molecule has 7 heteroatoms. The predicted molar refractivity (Wildman–Crippen MR) is 115 cm³/mol. The second-order valence-electron chi connectivity index (χ2n) is 5.89. The molecule has 0 atom stereocenters. The molecule has 0 saturated heterocycles. The van der Waals surface area contributed by atoms with Gasteiger partial charge in [0.2, 0.25) is 0 Å². The third-order valence-electron chi connectivity index (χ3n) is 3.92. The summed E-state index contributed by atoms with van der Waals surface area (Å²) < 4.78 is 5.02. The lowest BCUT2D eigenvalue weighted by atomic mass is 10.0. The number of ether oxygens (including phenoxy) is 1. The number of aryl methyl sites for hydroxylation is 2. The van der Waals surface area contributed by atoms with Gasteiger partial charge in [0.15, 0.2) is 5.11 Å². The van der Waals surface area contributed by atoms with E-state index in [9.17, 15) is 4.79 Å². The van der Waals surface area contributed by atoms with Gasteiger partial charge in [-0.05, 0) is 43.3 Å². The minimum absolute atomic E-state index is 0.359. The van der Waals surface area contributed by atoms with Gasteiger partial charge in [-0.25, -0.2) is 9.78 Å². The lowest BCUT2D eigenvalue weighted by Crippen LogP contribution is -2.20. The number of thiocarbonyl (C=S) groups is 1. The fraction of sp³-hybridized carbons (Fsp3) is 0.150. The number of nitrogens with one attached hydrogen (secondary N) is 2. The molecule has 0 aliphatic rings. The number of rotatable bonds is 4. The van der Waals surface area contributed by atoms with Gasteiger partial charge in [0.1, 0.15) is 16.4 Å². The molecule has 0 radical (unpaired) electrons. The van der Waals surface area contributed by atoms with E-state index in [4.69, 9.17) is 17.0 Å². The van der Waals surface area contributed by atoms with E-state index in [0.717, 1.165) is 21.6 Å². The van der Waals surface area contributed by atoms with Crippen molar-refractivity contribution in [1.82, 2.24) is 4.98 Å². The highest BCUT2D eigenvalue weighted by Crippen LogP contribution is 2.40. The Labute approximate surface area is 167 Å². The van der Waals surface area contributed by atoms with E-state index < -0.39 is 5.97 Å². The Hall–Kier alpha value is -2.77. The number of carbonyl (C=O) groups excluding carboxylic acids is 1. The van der Waals surface area contributed by atoms with Gasteiger partial charge >= 0.3 is 5.97 Å². The van der Waals surface area contributed by atoms with Crippen LogP contribution in [0.1, 0.15) is 20.8 Å². The molecule has 0 unspecified atom stereocenters. The number of aromatic nitrogens is 1. The first-order chi connectivity index (χ1) is 13.0. The summed E-state index contributed by atoms with van der Waals surface area (Å²) in [7, 11) is 1.38. The van der Waals surface area contributed by atoms with Crippen LogP contribution in [0.2, 0.25) is 0 Å². The first-order valence-electron chi connectivity index (χ1n) is 8.27. The van der Waals surface area contributed by atoms with Crippen LogP contribution in [0.15, 0.2) is 48.7 Å². The normalized spacial score (nSPS) is 10.3. The van der Waals surface area contributed by atoms with Crippen molar-refractivity contribution >= 4 is 45.5 Å². The maximum atomic E-state index is 12.5. The van der Waals surface area contributed by atoms with Crippen LogP contribution >= 0.6 is 23.6 Å². The summed E-state index contributed by atoms with van der Waals surface area (Å²) in [5, 5.41) is 7.15. The quantitative estimate of drug-likeness (QED) is 0.476. The highest BCUT2D eigenvalue weighted by Gasteiger charge is 2.24. The molecule has 2 heterocycles. The van der Waals surface area contributed by atoms with Crippen LogP contribution in [0, 0.1) is 13.8 Å². The van der Waals surface area contributed by atoms with Crippen LogP contribution in [-0.2, 0) is 4.74 Å². The molecule has 0 fully saturated rings. The number of nitrogens with zero attached hydrogens (tertiary/aromatic N) is 1. The van der Waals surface area contributed by atoms with E-state index in [-0.39, 0.29) is 0 Å². The molecular formula is C20H19N3O2S2. The number of methoxy groups -OCH3 is 1. The van der Waals surface area contributed by atoms with Gasteiger partial charge in [0.05, 0.1) is 7.11 Å². The summed E-state index contributed by atoms with van der Waals surface area (Å²) >= 11 is 6.86. The summed E-state index contributed by atoms with van der Waals surface area (Å²) in [6.07, 6.45) is 1.76. The summed E-state index contributed by atoms with van der Waals surface area (Å²) in [4.78, 5) is 17.8. The second-order valence-corrected chi connectivity index (χ2v) is 7.53. The van der Waals surface area contributed by atoms with Crippen molar-refractivity contribution in [2.75, 3.05) is 17.7 Å². The average molecular weight is 398 g/mol. The van der Waals surface area contributed by atoms with Crippen LogP contribution in [-0.4, -0.2) is 23.2 Å². The Morgan fingerprint density at radius 1 is 1.11 bits per heavy atom. The molecule has 1 aromatic carbocycles. The topological polar surface area (TPSA) is 63.2 Å². The van der Waals surface area contributed by atoms with E-state index >= 15 is 0 Å². The molecule has 27 heavy (non-hydrogen) atoms. The number of esters is 1. The van der Waals surface area contributed by atoms with Crippen molar-refractivity contribution in [1.29, 1.82) is 0 Å². The van der Waals surface area contributed by atoms with Crippen molar-refractivity contribution in [3.63, 3.8) is 0 Å². The molecule has 0 saturated carbocycles. The molecule has 2 N–H and O–H groups in total. The molecule has 3 aromatic rings. The number of benzene rings is 1. The van der Waals surface area contributed by atoms with E-state index in [2.05, 4.69) is 15.6 Å². The van der Waals surface area contributed by atoms with Crippen LogP contribution in [0.5, 0.6) is 0 Å². The van der Waals surface area contributed by atoms with E-state index in [0.29, 0.717) is 21.5 Å². The zero-order valence-corrected chi connectivity index (χ0v) is 16.8. The number of carbonyl (C=O) groups is 1. The average Bonchev–Trinajstić information content (AvgIpc) is 2.99. The molecule has 0 bridgehead atoms. The van der Waals surface area contributed by atoms with E-state index in [1.807, 2.05) is 56.3 Å². The first kappa shape index (κ1) is 19.0. The fourth-order valence-electron chi connectivity index (χ4n) is 2.67. The first-order valence-corrected chi connectivity index (χ1v) is 9.50. The standard InChI is InChI=1S/C20H19N3O2S2/c1-12-9-10-15(21-11-12)22-20(26)23-18-17(19(24)25-3)16(13(2)27-18)14-7-5-4-6-8-14/h4-11H,1-3H3,(H2,21,22,23,26). The van der Waals surface area contributed by atoms with Crippen molar-refractivity contribution in [3.8, 4) is 11.1 Å². The molecule has 138 valence electrons. The minimum atomic E-state index is -0.406. The monoisotopic (exact) mass is 397 g/mol. The van der Waals surface area contributed by atoms with Gasteiger partial charge in [0, 0.05) is 16.6 Å². The minimum Gasteiger partial charge on any atom is -0.465 e. The lowest BCUT2D eigenvalue weighted by Gasteiger charge is -2.11. The Bertz CT molecular complexity index is 967. The van der Waals surface area contributed by atoms with Gasteiger partial charge in [-0.3, -0.25) is 0 Å². The largest absolute Gasteiger partial charge is 0.465 e. The van der Waals surface area contributed by atoms with Crippen LogP contribution in [0.3, 0.4) is 0 Å². The van der Waals surface area contributed by atoms with Gasteiger partial charge < -0.3 is 15.4 Å². The number of pyridine rings is 1. The van der Waals surface area contributed by atoms with Crippen LogP contribution in [0.4, 0.5) is 10.8 Å². The summed E-state index contributed by atoms with van der Waals surface area (Å²) in [5.41, 5.74) is 3.35. The molecule has 0 amide bonds. The molecule has 0 spiro atoms. The third kappa shape index (κ3) is 4.32. The van der Waals surface area contributed by atoms with Crippen LogP contribution in [0.25, 0.3) is 11.1 Å². The van der Waals surface area contributed by atoms with Crippen LogP contribution < -0.4 is 10.6 Å². The summed E-state index contributed by atoms with van der Waals surface area (Å²) in [5.74, 6) is 0.228. The maximum Gasteiger partial charge on any atom is 0.341 e. The summed E-state index contributed by atoms with van der Waals surface area (Å²) in [6.45, 7) is 3.94. The SMILES string of the molecule is COC(=O)c1c(NC(=S)Nc2ccc(C)cn2)sc(C)c1-c1ccccc1. The highest BCUT2D eigenvalue weighted by atomic mass is 32.1. The maximum absolute atomic E-state index is 12.5. The lowest BCUT2D eigenvalue weighted by molar-refractivity contribution is 0.0603. The van der Waals surface area contributed by atoms with Gasteiger partial charge in [-0.15, -0.1) is 11.3 Å². The van der Waals surface area contributed by atoms with Crippen molar-refractivity contribution in [2.24, 2.45) is 0 Å². The molecule has 0 aliphatic heterocycles. The smallest absolute Gasteiger partial charge is 0.341 e. The van der Waals surface area contributed by atoms with Crippen molar-refractivity contribution in [2.45, 2.75) is 13.8 Å². The second kappa shape index (κ2) is 8.28. The zero-order valence-electron chi connectivity index (χ0n) is 15.2. The molecule has 2 aromatic heterocycles. The Morgan fingerprint density at radius 3 is 2.48 bits per heavy atom. The Kier molecular flexibility index (Phi) is 5.83. The van der Waals surface area contributed by atoms with Crippen molar-refractivity contribution in [3.05, 3.63) is 64.7 Å². The Morgan fingerprint density at radius 2 is 1.85 bits per heavy atom. The third-order valence-corrected chi connectivity index (χ3v) is 5.14. The molecule has 0 aliphatic carbocycles. The van der Waals surface area contributed by atoms with E-state index in [1.165, 1.54) is 18.4 Å². The Balaban J connectivity index is 1.92. The number of hydrogen-bond donors (Lipinski definition) is 2. The van der Waals surface area contributed by atoms with Crippen molar-refractivity contribution < 1.29 is 9.53 Å².